The number of H-pyrrole nitrogens is 1. The lowest BCUT2D eigenvalue weighted by atomic mass is 9.49. The van der Waals surface area contributed by atoms with Gasteiger partial charge in [-0.3, -0.25) is 9.89 Å². The van der Waals surface area contributed by atoms with Crippen molar-refractivity contribution in [2.24, 2.45) is 22.9 Å². The van der Waals surface area contributed by atoms with E-state index in [2.05, 4.69) is 20.7 Å². The van der Waals surface area contributed by atoms with Gasteiger partial charge in [-0.05, 0) is 80.0 Å². The SMILES string of the molecule is O=C(N/N=C\c1ccc(F)cc1)c1cc(C23CC4CC(CC(C4)C2)C3)[nH]n1. The van der Waals surface area contributed by atoms with Crippen molar-refractivity contribution >= 4 is 12.1 Å². The number of nitrogens with one attached hydrogen (secondary N) is 2. The quantitative estimate of drug-likeness (QED) is 0.639. The summed E-state index contributed by atoms with van der Waals surface area (Å²) in [4.78, 5) is 12.4. The van der Waals surface area contributed by atoms with Crippen molar-refractivity contribution in [2.45, 2.75) is 43.9 Å². The summed E-state index contributed by atoms with van der Waals surface area (Å²) < 4.78 is 12.9. The zero-order valence-electron chi connectivity index (χ0n) is 15.1. The zero-order valence-corrected chi connectivity index (χ0v) is 15.1. The molecule has 0 atom stereocenters. The van der Waals surface area contributed by atoms with Crippen LogP contribution >= 0.6 is 0 Å². The van der Waals surface area contributed by atoms with Crippen LogP contribution in [-0.2, 0) is 5.41 Å². The molecule has 27 heavy (non-hydrogen) atoms. The third-order valence-electron chi connectivity index (χ3n) is 6.67. The van der Waals surface area contributed by atoms with Gasteiger partial charge in [0.15, 0.2) is 5.69 Å². The van der Waals surface area contributed by atoms with Gasteiger partial charge >= 0.3 is 0 Å². The molecule has 0 radical (unpaired) electrons. The molecule has 1 aromatic carbocycles. The molecule has 4 saturated carbocycles. The van der Waals surface area contributed by atoms with E-state index in [1.165, 1.54) is 56.9 Å². The van der Waals surface area contributed by atoms with Gasteiger partial charge in [-0.1, -0.05) is 12.1 Å². The number of carbonyl (C=O) groups excluding carboxylic acids is 1. The Morgan fingerprint density at radius 2 is 1.78 bits per heavy atom. The first-order valence-corrected chi connectivity index (χ1v) is 9.74. The Bertz CT molecular complexity index is 851. The van der Waals surface area contributed by atoms with Gasteiger partial charge in [-0.15, -0.1) is 0 Å². The Labute approximate surface area is 157 Å². The summed E-state index contributed by atoms with van der Waals surface area (Å²) in [5, 5.41) is 11.4. The molecule has 0 aliphatic heterocycles. The molecule has 0 spiro atoms. The summed E-state index contributed by atoms with van der Waals surface area (Å²) in [6.45, 7) is 0. The van der Waals surface area contributed by atoms with Gasteiger partial charge in [0, 0.05) is 11.1 Å². The molecule has 0 saturated heterocycles. The standard InChI is InChI=1S/C21H23FN4O/c22-17-3-1-13(2-4-17)12-23-26-20(27)18-8-19(25-24-18)21-9-14-5-15(10-21)7-16(6-14)11-21/h1-4,8,12,14-16H,5-7,9-11H2,(H,24,25)(H,26,27)/b23-12-. The van der Waals surface area contributed by atoms with Gasteiger partial charge in [-0.25, -0.2) is 9.82 Å². The average Bonchev–Trinajstić information content (AvgIpc) is 3.13. The Balaban J connectivity index is 1.28. The van der Waals surface area contributed by atoms with Crippen LogP contribution in [0.3, 0.4) is 0 Å². The highest BCUT2D eigenvalue weighted by Crippen LogP contribution is 2.60. The van der Waals surface area contributed by atoms with E-state index in [9.17, 15) is 9.18 Å². The number of hydrogen-bond acceptors (Lipinski definition) is 3. The van der Waals surface area contributed by atoms with Crippen molar-refractivity contribution in [1.29, 1.82) is 0 Å². The van der Waals surface area contributed by atoms with Gasteiger partial charge in [0.05, 0.1) is 6.21 Å². The summed E-state index contributed by atoms with van der Waals surface area (Å²) >= 11 is 0. The molecule has 6 rings (SSSR count). The second-order valence-electron chi connectivity index (χ2n) is 8.62. The molecule has 140 valence electrons. The number of benzene rings is 1. The number of aromatic amines is 1. The third-order valence-corrected chi connectivity index (χ3v) is 6.67. The smallest absolute Gasteiger partial charge is 0.281 e. The predicted octanol–water partition coefficient (Wildman–Crippen LogP) is 3.78. The molecule has 1 amide bonds. The molecular formula is C21H23FN4O. The molecule has 6 heteroatoms. The van der Waals surface area contributed by atoms with Gasteiger partial charge < -0.3 is 0 Å². The van der Waals surface area contributed by atoms with Crippen LogP contribution in [0.5, 0.6) is 0 Å². The second kappa shape index (κ2) is 6.29. The summed E-state index contributed by atoms with van der Waals surface area (Å²) in [6, 6.07) is 7.83. The Hall–Kier alpha value is -2.50. The summed E-state index contributed by atoms with van der Waals surface area (Å²) in [5.41, 5.74) is 4.90. The molecular weight excluding hydrogens is 343 g/mol. The minimum Gasteiger partial charge on any atom is -0.281 e. The van der Waals surface area contributed by atoms with Gasteiger partial charge in [-0.2, -0.15) is 10.2 Å². The Morgan fingerprint density at radius 3 is 2.41 bits per heavy atom. The summed E-state index contributed by atoms with van der Waals surface area (Å²) in [5.74, 6) is 1.90. The average molecular weight is 366 g/mol. The number of amides is 1. The first-order valence-electron chi connectivity index (χ1n) is 9.74. The lowest BCUT2D eigenvalue weighted by Crippen LogP contribution is -2.48. The van der Waals surface area contributed by atoms with Crippen molar-refractivity contribution < 1.29 is 9.18 Å². The number of aromatic nitrogens is 2. The number of rotatable bonds is 4. The maximum atomic E-state index is 12.9. The van der Waals surface area contributed by atoms with E-state index in [0.717, 1.165) is 23.4 Å². The first-order chi connectivity index (χ1) is 13.1. The maximum absolute atomic E-state index is 12.9. The molecule has 5 nitrogen and oxygen atoms in total. The zero-order chi connectivity index (χ0) is 18.4. The number of halogens is 1. The Kier molecular flexibility index (Phi) is 3.88. The fourth-order valence-corrected chi connectivity index (χ4v) is 5.92. The molecule has 2 N–H and O–H groups in total. The van der Waals surface area contributed by atoms with Crippen molar-refractivity contribution in [1.82, 2.24) is 15.6 Å². The van der Waals surface area contributed by atoms with E-state index in [-0.39, 0.29) is 17.1 Å². The van der Waals surface area contributed by atoms with Gasteiger partial charge in [0.25, 0.3) is 5.91 Å². The largest absolute Gasteiger partial charge is 0.291 e. The van der Waals surface area contributed by atoms with E-state index in [1.807, 2.05) is 6.07 Å². The number of nitrogens with zero attached hydrogens (tertiary/aromatic N) is 2. The molecule has 4 aliphatic carbocycles. The van der Waals surface area contributed by atoms with Crippen LogP contribution in [0, 0.1) is 23.6 Å². The minimum atomic E-state index is -0.333. The monoisotopic (exact) mass is 366 g/mol. The van der Waals surface area contributed by atoms with Crippen molar-refractivity contribution in [3.8, 4) is 0 Å². The van der Waals surface area contributed by atoms with Crippen LogP contribution in [0.1, 0.15) is 60.3 Å². The molecule has 1 heterocycles. The van der Waals surface area contributed by atoms with Crippen LogP contribution < -0.4 is 5.43 Å². The highest BCUT2D eigenvalue weighted by Gasteiger charge is 2.52. The van der Waals surface area contributed by atoms with Crippen LogP contribution in [0.15, 0.2) is 35.4 Å². The highest BCUT2D eigenvalue weighted by atomic mass is 19.1. The lowest BCUT2D eigenvalue weighted by Gasteiger charge is -2.56. The fourth-order valence-electron chi connectivity index (χ4n) is 5.92. The van der Waals surface area contributed by atoms with Crippen LogP contribution in [0.2, 0.25) is 0 Å². The van der Waals surface area contributed by atoms with Crippen molar-refractivity contribution in [3.05, 3.63) is 53.1 Å². The Morgan fingerprint density at radius 1 is 1.15 bits per heavy atom. The maximum Gasteiger partial charge on any atom is 0.291 e. The van der Waals surface area contributed by atoms with Crippen LogP contribution in [0.25, 0.3) is 0 Å². The fraction of sp³-hybridized carbons (Fsp3) is 0.476. The van der Waals surface area contributed by atoms with Crippen LogP contribution in [0.4, 0.5) is 4.39 Å². The molecule has 0 unspecified atom stereocenters. The predicted molar refractivity (Wildman–Crippen MR) is 99.9 cm³/mol. The molecule has 2 aromatic rings. The van der Waals surface area contributed by atoms with E-state index >= 15 is 0 Å². The normalized spacial score (nSPS) is 31.5. The van der Waals surface area contributed by atoms with E-state index < -0.39 is 0 Å². The lowest BCUT2D eigenvalue weighted by molar-refractivity contribution is -0.00721. The molecule has 4 aliphatic rings. The van der Waals surface area contributed by atoms with E-state index in [4.69, 9.17) is 0 Å². The summed E-state index contributed by atoms with van der Waals surface area (Å²) in [6.07, 6.45) is 9.33. The van der Waals surface area contributed by atoms with Crippen molar-refractivity contribution in [2.75, 3.05) is 0 Å². The van der Waals surface area contributed by atoms with Gasteiger partial charge in [0.1, 0.15) is 5.82 Å². The third kappa shape index (κ3) is 3.07. The van der Waals surface area contributed by atoms with E-state index in [1.54, 1.807) is 12.1 Å². The number of hydrazone groups is 1. The van der Waals surface area contributed by atoms with Crippen molar-refractivity contribution in [3.63, 3.8) is 0 Å². The van der Waals surface area contributed by atoms with Gasteiger partial charge in [0.2, 0.25) is 0 Å². The highest BCUT2D eigenvalue weighted by molar-refractivity contribution is 5.93. The number of hydrogen-bond donors (Lipinski definition) is 2. The van der Waals surface area contributed by atoms with E-state index in [0.29, 0.717) is 11.3 Å². The molecule has 4 fully saturated rings. The topological polar surface area (TPSA) is 70.1 Å². The number of carbonyl (C=O) groups is 1. The second-order valence-corrected chi connectivity index (χ2v) is 8.62. The minimum absolute atomic E-state index is 0.192. The first kappa shape index (κ1) is 16.7. The van der Waals surface area contributed by atoms with Crippen LogP contribution in [-0.4, -0.2) is 22.3 Å². The molecule has 4 bridgehead atoms. The summed E-state index contributed by atoms with van der Waals surface area (Å²) in [7, 11) is 0. The molecule has 1 aromatic heterocycles.